The van der Waals surface area contributed by atoms with Gasteiger partial charge in [0.2, 0.25) is 5.89 Å². The number of urea groups is 1. The van der Waals surface area contributed by atoms with Crippen LogP contribution in [0.4, 0.5) is 4.79 Å². The first kappa shape index (κ1) is 16.4. The van der Waals surface area contributed by atoms with Crippen molar-refractivity contribution in [1.29, 1.82) is 0 Å². The van der Waals surface area contributed by atoms with Gasteiger partial charge in [0.1, 0.15) is 0 Å². The number of aromatic nitrogens is 2. The number of aryl methyl sites for hydroxylation is 1. The molecule has 7 heteroatoms. The largest absolute Gasteiger partial charge is 0.374 e. The lowest BCUT2D eigenvalue weighted by molar-refractivity contribution is -0.0132. The minimum atomic E-state index is -0.0763. The van der Waals surface area contributed by atoms with Gasteiger partial charge in [0, 0.05) is 32.5 Å². The fourth-order valence-electron chi connectivity index (χ4n) is 2.73. The molecule has 1 N–H and O–H groups in total. The molecule has 1 aromatic carbocycles. The minimum absolute atomic E-state index is 0.0329. The Morgan fingerprint density at radius 1 is 1.38 bits per heavy atom. The Kier molecular flexibility index (Phi) is 5.43. The number of carbonyl (C=O) groups is 1. The SMILES string of the molecule is Cc1noc(CCNC(=O)N2CCO[C@H](Cc3ccccc3)C2)n1. The van der Waals surface area contributed by atoms with Crippen molar-refractivity contribution >= 4 is 6.03 Å². The Hall–Kier alpha value is -2.41. The third-order valence-corrected chi connectivity index (χ3v) is 3.92. The van der Waals surface area contributed by atoms with Gasteiger partial charge in [-0.25, -0.2) is 4.79 Å². The molecular weight excluding hydrogens is 308 g/mol. The molecule has 1 saturated heterocycles. The van der Waals surface area contributed by atoms with Crippen LogP contribution in [0.15, 0.2) is 34.9 Å². The first-order valence-electron chi connectivity index (χ1n) is 8.18. The zero-order chi connectivity index (χ0) is 16.8. The van der Waals surface area contributed by atoms with Crippen LogP contribution in [0.2, 0.25) is 0 Å². The Labute approximate surface area is 141 Å². The second-order valence-corrected chi connectivity index (χ2v) is 5.85. The molecule has 7 nitrogen and oxygen atoms in total. The fourth-order valence-corrected chi connectivity index (χ4v) is 2.73. The van der Waals surface area contributed by atoms with E-state index in [0.717, 1.165) is 6.42 Å². The second-order valence-electron chi connectivity index (χ2n) is 5.85. The number of rotatable bonds is 5. The first-order chi connectivity index (χ1) is 11.7. The van der Waals surface area contributed by atoms with Gasteiger partial charge in [0.25, 0.3) is 0 Å². The molecule has 3 rings (SSSR count). The van der Waals surface area contributed by atoms with Crippen LogP contribution < -0.4 is 5.32 Å². The normalized spacial score (nSPS) is 17.7. The van der Waals surface area contributed by atoms with Crippen LogP contribution in [0.3, 0.4) is 0 Å². The van der Waals surface area contributed by atoms with Crippen molar-refractivity contribution in [2.45, 2.75) is 25.9 Å². The van der Waals surface area contributed by atoms with E-state index in [1.807, 2.05) is 18.2 Å². The van der Waals surface area contributed by atoms with Gasteiger partial charge in [0.15, 0.2) is 5.82 Å². The summed E-state index contributed by atoms with van der Waals surface area (Å²) in [6, 6.07) is 10.1. The summed E-state index contributed by atoms with van der Waals surface area (Å²) in [6.07, 6.45) is 1.38. The van der Waals surface area contributed by atoms with Crippen LogP contribution in [-0.2, 0) is 17.6 Å². The summed E-state index contributed by atoms with van der Waals surface area (Å²) in [5.74, 6) is 1.14. The van der Waals surface area contributed by atoms with E-state index in [2.05, 4.69) is 27.6 Å². The van der Waals surface area contributed by atoms with Crippen molar-refractivity contribution in [3.63, 3.8) is 0 Å². The molecule has 1 fully saturated rings. The van der Waals surface area contributed by atoms with E-state index in [0.29, 0.717) is 44.4 Å². The average molecular weight is 330 g/mol. The number of carbonyl (C=O) groups excluding carboxylic acids is 1. The Morgan fingerprint density at radius 2 is 2.21 bits per heavy atom. The number of nitrogens with one attached hydrogen (secondary N) is 1. The van der Waals surface area contributed by atoms with Gasteiger partial charge in [-0.2, -0.15) is 4.98 Å². The molecular formula is C17H22N4O3. The zero-order valence-corrected chi connectivity index (χ0v) is 13.8. The molecule has 0 bridgehead atoms. The second kappa shape index (κ2) is 7.92. The molecule has 24 heavy (non-hydrogen) atoms. The van der Waals surface area contributed by atoms with Gasteiger partial charge in [-0.1, -0.05) is 35.5 Å². The highest BCUT2D eigenvalue weighted by atomic mass is 16.5. The molecule has 0 spiro atoms. The summed E-state index contributed by atoms with van der Waals surface area (Å²) >= 11 is 0. The summed E-state index contributed by atoms with van der Waals surface area (Å²) in [6.45, 7) is 4.01. The van der Waals surface area contributed by atoms with Crippen molar-refractivity contribution in [3.8, 4) is 0 Å². The third-order valence-electron chi connectivity index (χ3n) is 3.92. The van der Waals surface area contributed by atoms with Gasteiger partial charge in [0.05, 0.1) is 12.7 Å². The molecule has 1 aromatic heterocycles. The summed E-state index contributed by atoms with van der Waals surface area (Å²) in [5.41, 5.74) is 1.22. The van der Waals surface area contributed by atoms with Gasteiger partial charge < -0.3 is 19.5 Å². The van der Waals surface area contributed by atoms with E-state index in [4.69, 9.17) is 9.26 Å². The van der Waals surface area contributed by atoms with Crippen LogP contribution in [0.5, 0.6) is 0 Å². The maximum absolute atomic E-state index is 12.3. The predicted molar refractivity (Wildman–Crippen MR) is 87.6 cm³/mol. The summed E-state index contributed by atoms with van der Waals surface area (Å²) in [4.78, 5) is 18.2. The lowest BCUT2D eigenvalue weighted by Crippen LogP contribution is -2.50. The van der Waals surface area contributed by atoms with Gasteiger partial charge in [-0.15, -0.1) is 0 Å². The first-order valence-corrected chi connectivity index (χ1v) is 8.18. The molecule has 2 amide bonds. The average Bonchev–Trinajstić information content (AvgIpc) is 3.01. The van der Waals surface area contributed by atoms with Crippen LogP contribution in [0.1, 0.15) is 17.3 Å². The third kappa shape index (κ3) is 4.55. The highest BCUT2D eigenvalue weighted by molar-refractivity contribution is 5.74. The van der Waals surface area contributed by atoms with Crippen molar-refractivity contribution in [3.05, 3.63) is 47.6 Å². The summed E-state index contributed by atoms with van der Waals surface area (Å²) in [5, 5.41) is 6.63. The maximum atomic E-state index is 12.3. The van der Waals surface area contributed by atoms with E-state index in [-0.39, 0.29) is 12.1 Å². The molecule has 1 aliphatic rings. The molecule has 2 heterocycles. The molecule has 0 radical (unpaired) electrons. The van der Waals surface area contributed by atoms with Crippen LogP contribution in [-0.4, -0.2) is 53.4 Å². The van der Waals surface area contributed by atoms with Crippen molar-refractivity contribution in [2.24, 2.45) is 0 Å². The van der Waals surface area contributed by atoms with E-state index >= 15 is 0 Å². The van der Waals surface area contributed by atoms with Gasteiger partial charge in [-0.05, 0) is 12.5 Å². The monoisotopic (exact) mass is 330 g/mol. The number of hydrogen-bond donors (Lipinski definition) is 1. The van der Waals surface area contributed by atoms with Crippen molar-refractivity contribution < 1.29 is 14.1 Å². The molecule has 1 aliphatic heterocycles. The number of morpholine rings is 1. The van der Waals surface area contributed by atoms with Crippen LogP contribution in [0.25, 0.3) is 0 Å². The van der Waals surface area contributed by atoms with E-state index in [1.165, 1.54) is 5.56 Å². The molecule has 1 atom stereocenters. The minimum Gasteiger partial charge on any atom is -0.374 e. The Morgan fingerprint density at radius 3 is 2.96 bits per heavy atom. The smallest absolute Gasteiger partial charge is 0.317 e. The van der Waals surface area contributed by atoms with E-state index in [1.54, 1.807) is 11.8 Å². The summed E-state index contributed by atoms with van der Waals surface area (Å²) in [7, 11) is 0. The van der Waals surface area contributed by atoms with Crippen LogP contribution in [0, 0.1) is 6.92 Å². The number of amides is 2. The molecule has 128 valence electrons. The van der Waals surface area contributed by atoms with Crippen molar-refractivity contribution in [1.82, 2.24) is 20.4 Å². The standard InChI is InChI=1S/C17H22N4O3/c1-13-19-16(24-20-13)7-8-18-17(22)21-9-10-23-15(12-21)11-14-5-3-2-4-6-14/h2-6,15H,7-12H2,1H3,(H,18,22)/t15-/m1/s1. The lowest BCUT2D eigenvalue weighted by Gasteiger charge is -2.33. The molecule has 0 aliphatic carbocycles. The number of nitrogens with zero attached hydrogens (tertiary/aromatic N) is 3. The maximum Gasteiger partial charge on any atom is 0.317 e. The van der Waals surface area contributed by atoms with Crippen molar-refractivity contribution in [2.75, 3.05) is 26.2 Å². The summed E-state index contributed by atoms with van der Waals surface area (Å²) < 4.78 is 10.8. The number of hydrogen-bond acceptors (Lipinski definition) is 5. The van der Waals surface area contributed by atoms with E-state index < -0.39 is 0 Å². The number of benzene rings is 1. The van der Waals surface area contributed by atoms with Gasteiger partial charge in [-0.3, -0.25) is 0 Å². The highest BCUT2D eigenvalue weighted by Gasteiger charge is 2.24. The molecule has 2 aromatic rings. The Bertz CT molecular complexity index is 659. The highest BCUT2D eigenvalue weighted by Crippen LogP contribution is 2.11. The number of ether oxygens (including phenoxy) is 1. The zero-order valence-electron chi connectivity index (χ0n) is 13.8. The molecule has 0 saturated carbocycles. The lowest BCUT2D eigenvalue weighted by atomic mass is 10.1. The molecule has 0 unspecified atom stereocenters. The Balaban J connectivity index is 1.44. The topological polar surface area (TPSA) is 80.5 Å². The van der Waals surface area contributed by atoms with E-state index in [9.17, 15) is 4.79 Å². The quantitative estimate of drug-likeness (QED) is 0.900. The van der Waals surface area contributed by atoms with Crippen LogP contribution >= 0.6 is 0 Å². The fraction of sp³-hybridized carbons (Fsp3) is 0.471. The predicted octanol–water partition coefficient (Wildman–Crippen LogP) is 1.57. The van der Waals surface area contributed by atoms with Gasteiger partial charge >= 0.3 is 6.03 Å².